The molecule has 0 amide bonds. The van der Waals surface area contributed by atoms with Gasteiger partial charge in [0.2, 0.25) is 11.7 Å². The number of hydrogen-bond donors (Lipinski definition) is 0. The van der Waals surface area contributed by atoms with Gasteiger partial charge in [0, 0.05) is 12.5 Å². The fraction of sp³-hybridized carbons (Fsp3) is 0.308. The molecule has 0 radical (unpaired) electrons. The van der Waals surface area contributed by atoms with Gasteiger partial charge in [0.05, 0.1) is 18.7 Å². The van der Waals surface area contributed by atoms with Gasteiger partial charge in [0.25, 0.3) is 0 Å². The summed E-state index contributed by atoms with van der Waals surface area (Å²) in [5.41, 5.74) is 0.469. The lowest BCUT2D eigenvalue weighted by Crippen LogP contribution is -1.98. The standard InChI is InChI=1S/C13H13N3O3/c1-3-13-15-12(16-19-13)8-18-11-5-9(7-14)4-10(6-11)17-2/h4-6H,3,8H2,1-2H3. The summed E-state index contributed by atoms with van der Waals surface area (Å²) >= 11 is 0. The minimum absolute atomic E-state index is 0.182. The van der Waals surface area contributed by atoms with Crippen LogP contribution in [0.5, 0.6) is 11.5 Å². The van der Waals surface area contributed by atoms with Crippen molar-refractivity contribution in [2.24, 2.45) is 0 Å². The first-order valence-corrected chi connectivity index (χ1v) is 5.78. The molecule has 2 aromatic rings. The second-order valence-corrected chi connectivity index (χ2v) is 3.76. The summed E-state index contributed by atoms with van der Waals surface area (Å²) < 4.78 is 15.6. The third kappa shape index (κ3) is 3.22. The summed E-state index contributed by atoms with van der Waals surface area (Å²) in [6.07, 6.45) is 0.685. The Kier molecular flexibility index (Phi) is 3.98. The van der Waals surface area contributed by atoms with Gasteiger partial charge in [-0.05, 0) is 12.1 Å². The summed E-state index contributed by atoms with van der Waals surface area (Å²) in [7, 11) is 1.53. The van der Waals surface area contributed by atoms with Crippen molar-refractivity contribution in [3.05, 3.63) is 35.5 Å². The molecule has 2 rings (SSSR count). The molecule has 0 N–H and O–H groups in total. The quantitative estimate of drug-likeness (QED) is 0.817. The maximum Gasteiger partial charge on any atom is 0.226 e. The van der Waals surface area contributed by atoms with Crippen molar-refractivity contribution < 1.29 is 14.0 Å². The van der Waals surface area contributed by atoms with E-state index in [0.717, 1.165) is 0 Å². The molecule has 0 atom stereocenters. The molecule has 0 spiro atoms. The van der Waals surface area contributed by atoms with E-state index in [1.165, 1.54) is 7.11 Å². The van der Waals surface area contributed by atoms with Crippen molar-refractivity contribution in [2.45, 2.75) is 20.0 Å². The highest BCUT2D eigenvalue weighted by molar-refractivity contribution is 5.43. The third-order valence-corrected chi connectivity index (χ3v) is 2.43. The topological polar surface area (TPSA) is 81.2 Å². The lowest BCUT2D eigenvalue weighted by atomic mass is 10.2. The maximum atomic E-state index is 8.90. The Hall–Kier alpha value is -2.55. The summed E-state index contributed by atoms with van der Waals surface area (Å²) in [4.78, 5) is 4.13. The van der Waals surface area contributed by atoms with Crippen molar-refractivity contribution in [2.75, 3.05) is 7.11 Å². The molecular weight excluding hydrogens is 246 g/mol. The second kappa shape index (κ2) is 5.87. The number of nitriles is 1. The van der Waals surface area contributed by atoms with E-state index in [2.05, 4.69) is 10.1 Å². The van der Waals surface area contributed by atoms with Gasteiger partial charge in [-0.3, -0.25) is 0 Å². The van der Waals surface area contributed by atoms with Crippen molar-refractivity contribution in [1.29, 1.82) is 5.26 Å². The third-order valence-electron chi connectivity index (χ3n) is 2.43. The van der Waals surface area contributed by atoms with E-state index >= 15 is 0 Å². The fourth-order valence-corrected chi connectivity index (χ4v) is 1.48. The summed E-state index contributed by atoms with van der Waals surface area (Å²) in [5.74, 6) is 2.13. The molecule has 1 heterocycles. The van der Waals surface area contributed by atoms with E-state index in [4.69, 9.17) is 19.3 Å². The first-order valence-electron chi connectivity index (χ1n) is 5.78. The first-order chi connectivity index (χ1) is 9.25. The van der Waals surface area contributed by atoms with Crippen molar-refractivity contribution >= 4 is 0 Å². The van der Waals surface area contributed by atoms with Crippen molar-refractivity contribution in [3.8, 4) is 17.6 Å². The normalized spacial score (nSPS) is 9.95. The summed E-state index contributed by atoms with van der Waals surface area (Å²) in [6, 6.07) is 7.00. The molecule has 0 bridgehead atoms. The Bertz CT molecular complexity index is 601. The molecule has 0 unspecified atom stereocenters. The zero-order valence-corrected chi connectivity index (χ0v) is 10.7. The predicted octanol–water partition coefficient (Wildman–Crippen LogP) is 2.09. The molecular formula is C13H13N3O3. The van der Waals surface area contributed by atoms with Gasteiger partial charge in [0.1, 0.15) is 11.5 Å². The van der Waals surface area contributed by atoms with E-state index < -0.39 is 0 Å². The molecule has 98 valence electrons. The smallest absolute Gasteiger partial charge is 0.226 e. The maximum absolute atomic E-state index is 8.90. The van der Waals surface area contributed by atoms with Gasteiger partial charge < -0.3 is 14.0 Å². The highest BCUT2D eigenvalue weighted by Crippen LogP contribution is 2.22. The van der Waals surface area contributed by atoms with Crippen LogP contribution < -0.4 is 9.47 Å². The molecule has 0 saturated carbocycles. The Labute approximate surface area is 110 Å². The molecule has 6 heteroatoms. The average Bonchev–Trinajstić information content (AvgIpc) is 2.92. The SMILES string of the molecule is CCc1nc(COc2cc(C#N)cc(OC)c2)no1. The Morgan fingerprint density at radius 1 is 1.32 bits per heavy atom. The summed E-state index contributed by atoms with van der Waals surface area (Å²) in [5, 5.41) is 12.7. The lowest BCUT2D eigenvalue weighted by molar-refractivity contribution is 0.283. The van der Waals surface area contributed by atoms with E-state index in [-0.39, 0.29) is 6.61 Å². The van der Waals surface area contributed by atoms with Crippen LogP contribution in [-0.2, 0) is 13.0 Å². The lowest BCUT2D eigenvalue weighted by Gasteiger charge is -2.06. The van der Waals surface area contributed by atoms with Gasteiger partial charge >= 0.3 is 0 Å². The zero-order valence-electron chi connectivity index (χ0n) is 10.7. The number of benzene rings is 1. The van der Waals surface area contributed by atoms with Crippen LogP contribution in [0.15, 0.2) is 22.7 Å². The minimum atomic E-state index is 0.182. The number of hydrogen-bond acceptors (Lipinski definition) is 6. The number of nitrogens with zero attached hydrogens (tertiary/aromatic N) is 3. The molecule has 0 aliphatic carbocycles. The highest BCUT2D eigenvalue weighted by atomic mass is 16.5. The van der Waals surface area contributed by atoms with Gasteiger partial charge in [0.15, 0.2) is 6.61 Å². The minimum Gasteiger partial charge on any atom is -0.497 e. The fourth-order valence-electron chi connectivity index (χ4n) is 1.48. The number of ether oxygens (including phenoxy) is 2. The predicted molar refractivity (Wildman–Crippen MR) is 65.7 cm³/mol. The van der Waals surface area contributed by atoms with Crippen LogP contribution in [0, 0.1) is 11.3 Å². The number of aromatic nitrogens is 2. The first kappa shape index (κ1) is 12.9. The number of methoxy groups -OCH3 is 1. The summed E-state index contributed by atoms with van der Waals surface area (Å²) in [6.45, 7) is 2.11. The molecule has 0 aliphatic rings. The van der Waals surface area contributed by atoms with Crippen LogP contribution in [0.1, 0.15) is 24.2 Å². The van der Waals surface area contributed by atoms with E-state index in [9.17, 15) is 0 Å². The largest absolute Gasteiger partial charge is 0.497 e. The van der Waals surface area contributed by atoms with Crippen LogP contribution in [0.25, 0.3) is 0 Å². The molecule has 0 aliphatic heterocycles. The van der Waals surface area contributed by atoms with E-state index in [0.29, 0.717) is 35.2 Å². The molecule has 1 aromatic heterocycles. The molecule has 1 aromatic carbocycles. The second-order valence-electron chi connectivity index (χ2n) is 3.76. The van der Waals surface area contributed by atoms with Gasteiger partial charge in [-0.2, -0.15) is 10.2 Å². The number of aryl methyl sites for hydroxylation is 1. The van der Waals surface area contributed by atoms with Crippen molar-refractivity contribution in [1.82, 2.24) is 10.1 Å². The molecule has 6 nitrogen and oxygen atoms in total. The van der Waals surface area contributed by atoms with Crippen LogP contribution in [0.3, 0.4) is 0 Å². The van der Waals surface area contributed by atoms with Gasteiger partial charge in [-0.1, -0.05) is 12.1 Å². The van der Waals surface area contributed by atoms with E-state index in [1.54, 1.807) is 18.2 Å². The molecule has 0 saturated heterocycles. The van der Waals surface area contributed by atoms with Crippen LogP contribution in [0.4, 0.5) is 0 Å². The van der Waals surface area contributed by atoms with Crippen molar-refractivity contribution in [3.63, 3.8) is 0 Å². The molecule has 0 fully saturated rings. The van der Waals surface area contributed by atoms with Crippen LogP contribution >= 0.6 is 0 Å². The van der Waals surface area contributed by atoms with Crippen LogP contribution in [-0.4, -0.2) is 17.3 Å². The van der Waals surface area contributed by atoms with Gasteiger partial charge in [-0.15, -0.1) is 0 Å². The Morgan fingerprint density at radius 2 is 2.11 bits per heavy atom. The number of rotatable bonds is 5. The van der Waals surface area contributed by atoms with Crippen LogP contribution in [0.2, 0.25) is 0 Å². The zero-order chi connectivity index (χ0) is 13.7. The Morgan fingerprint density at radius 3 is 2.74 bits per heavy atom. The Balaban J connectivity index is 2.08. The highest BCUT2D eigenvalue weighted by Gasteiger charge is 2.07. The van der Waals surface area contributed by atoms with Gasteiger partial charge in [-0.25, -0.2) is 0 Å². The van der Waals surface area contributed by atoms with E-state index in [1.807, 2.05) is 13.0 Å². The monoisotopic (exact) mass is 259 g/mol. The average molecular weight is 259 g/mol. The molecule has 19 heavy (non-hydrogen) atoms.